The number of ether oxygens (including phenoxy) is 3. The number of hydrogen-bond acceptors (Lipinski definition) is 4. The molecule has 0 radical (unpaired) electrons. The molecule has 0 fully saturated rings. The zero-order valence-electron chi connectivity index (χ0n) is 14.6. The highest BCUT2D eigenvalue weighted by Crippen LogP contribution is 2.36. The predicted molar refractivity (Wildman–Crippen MR) is 109 cm³/mol. The fourth-order valence-corrected chi connectivity index (χ4v) is 2.24. The Morgan fingerprint density at radius 2 is 1.96 bits per heavy atom. The number of halogens is 2. The highest BCUT2D eigenvalue weighted by molar-refractivity contribution is 14.0. The van der Waals surface area contributed by atoms with Crippen LogP contribution in [-0.4, -0.2) is 46.5 Å². The normalized spacial score (nSPS) is 10.8. The SMILES string of the molecule is CCOCCNC(=NC)NCc1cc(Cl)c(OCC)c(OC)c1.I. The standard InChI is InChI=1S/C16H26ClN3O3.HI/c1-5-22-8-7-19-16(18-3)20-11-12-9-13(17)15(23-6-2)14(10-12)21-4;/h9-10H,5-8,11H2,1-4H3,(H2,18,19,20);1H. The van der Waals surface area contributed by atoms with Crippen LogP contribution in [0.5, 0.6) is 11.5 Å². The van der Waals surface area contributed by atoms with Gasteiger partial charge >= 0.3 is 0 Å². The number of hydrogen-bond donors (Lipinski definition) is 2. The smallest absolute Gasteiger partial charge is 0.191 e. The van der Waals surface area contributed by atoms with E-state index in [0.29, 0.717) is 55.4 Å². The third-order valence-corrected chi connectivity index (χ3v) is 3.29. The first-order valence-corrected chi connectivity index (χ1v) is 8.05. The third-order valence-electron chi connectivity index (χ3n) is 3.00. The summed E-state index contributed by atoms with van der Waals surface area (Å²) in [5.41, 5.74) is 0.975. The largest absolute Gasteiger partial charge is 0.493 e. The van der Waals surface area contributed by atoms with E-state index in [4.69, 9.17) is 25.8 Å². The van der Waals surface area contributed by atoms with E-state index in [1.165, 1.54) is 0 Å². The van der Waals surface area contributed by atoms with Gasteiger partial charge in [-0.05, 0) is 31.5 Å². The zero-order valence-corrected chi connectivity index (χ0v) is 17.7. The van der Waals surface area contributed by atoms with E-state index >= 15 is 0 Å². The molecule has 24 heavy (non-hydrogen) atoms. The van der Waals surface area contributed by atoms with Crippen molar-refractivity contribution in [3.63, 3.8) is 0 Å². The molecule has 0 heterocycles. The van der Waals surface area contributed by atoms with Crippen molar-refractivity contribution in [1.29, 1.82) is 0 Å². The summed E-state index contributed by atoms with van der Waals surface area (Å²) < 4.78 is 16.1. The number of benzene rings is 1. The van der Waals surface area contributed by atoms with Crippen LogP contribution in [0.25, 0.3) is 0 Å². The number of methoxy groups -OCH3 is 1. The molecule has 1 aromatic rings. The quantitative estimate of drug-likeness (QED) is 0.251. The van der Waals surface area contributed by atoms with Crippen molar-refractivity contribution >= 4 is 41.5 Å². The molecule has 2 N–H and O–H groups in total. The minimum atomic E-state index is 0. The monoisotopic (exact) mass is 471 g/mol. The van der Waals surface area contributed by atoms with Crippen LogP contribution in [0.4, 0.5) is 0 Å². The number of nitrogens with zero attached hydrogens (tertiary/aromatic N) is 1. The summed E-state index contributed by atoms with van der Waals surface area (Å²) >= 11 is 6.26. The Balaban J connectivity index is 0.00000529. The lowest BCUT2D eigenvalue weighted by Gasteiger charge is -2.15. The highest BCUT2D eigenvalue weighted by Gasteiger charge is 2.11. The van der Waals surface area contributed by atoms with Crippen LogP contribution < -0.4 is 20.1 Å². The maximum absolute atomic E-state index is 6.26. The van der Waals surface area contributed by atoms with E-state index in [1.54, 1.807) is 14.2 Å². The van der Waals surface area contributed by atoms with Gasteiger partial charge in [0.25, 0.3) is 0 Å². The number of aliphatic imine (C=N–C) groups is 1. The van der Waals surface area contributed by atoms with Gasteiger partial charge in [-0.15, -0.1) is 24.0 Å². The van der Waals surface area contributed by atoms with Gasteiger partial charge in [0, 0.05) is 26.7 Å². The second-order valence-corrected chi connectivity index (χ2v) is 5.00. The highest BCUT2D eigenvalue weighted by atomic mass is 127. The molecule has 138 valence electrons. The molecule has 0 aromatic heterocycles. The van der Waals surface area contributed by atoms with Gasteiger partial charge < -0.3 is 24.8 Å². The summed E-state index contributed by atoms with van der Waals surface area (Å²) in [7, 11) is 3.32. The van der Waals surface area contributed by atoms with Gasteiger partial charge in [-0.2, -0.15) is 0 Å². The van der Waals surface area contributed by atoms with Gasteiger partial charge in [0.2, 0.25) is 0 Å². The number of rotatable bonds is 9. The average Bonchev–Trinajstić information content (AvgIpc) is 2.56. The van der Waals surface area contributed by atoms with Crippen LogP contribution in [-0.2, 0) is 11.3 Å². The summed E-state index contributed by atoms with van der Waals surface area (Å²) in [5.74, 6) is 1.89. The molecular weight excluding hydrogens is 445 g/mol. The molecule has 0 amide bonds. The predicted octanol–water partition coefficient (Wildman–Crippen LogP) is 3.07. The Kier molecular flexibility index (Phi) is 12.9. The fourth-order valence-electron chi connectivity index (χ4n) is 1.95. The molecule has 0 aliphatic rings. The van der Waals surface area contributed by atoms with E-state index in [0.717, 1.165) is 5.56 Å². The van der Waals surface area contributed by atoms with Crippen LogP contribution in [0.15, 0.2) is 17.1 Å². The first kappa shape index (κ1) is 23.1. The molecule has 1 aromatic carbocycles. The Bertz CT molecular complexity index is 516. The number of nitrogens with one attached hydrogen (secondary N) is 2. The fraction of sp³-hybridized carbons (Fsp3) is 0.562. The summed E-state index contributed by atoms with van der Waals surface area (Å²) in [6.07, 6.45) is 0. The minimum absolute atomic E-state index is 0. The third kappa shape index (κ3) is 7.76. The second kappa shape index (κ2) is 13.4. The Morgan fingerprint density at radius 3 is 2.54 bits per heavy atom. The zero-order chi connectivity index (χ0) is 17.1. The van der Waals surface area contributed by atoms with Crippen molar-refractivity contribution in [2.45, 2.75) is 20.4 Å². The summed E-state index contributed by atoms with van der Waals surface area (Å²) in [6, 6.07) is 3.76. The Morgan fingerprint density at radius 1 is 1.21 bits per heavy atom. The van der Waals surface area contributed by atoms with Gasteiger partial charge in [0.15, 0.2) is 17.5 Å². The lowest BCUT2D eigenvalue weighted by atomic mass is 10.2. The molecule has 6 nitrogen and oxygen atoms in total. The average molecular weight is 472 g/mol. The van der Waals surface area contributed by atoms with Gasteiger partial charge in [-0.25, -0.2) is 0 Å². The van der Waals surface area contributed by atoms with Crippen LogP contribution >= 0.6 is 35.6 Å². The van der Waals surface area contributed by atoms with Crippen LogP contribution in [0.3, 0.4) is 0 Å². The van der Waals surface area contributed by atoms with Crippen LogP contribution in [0.1, 0.15) is 19.4 Å². The summed E-state index contributed by atoms with van der Waals surface area (Å²) in [4.78, 5) is 4.16. The molecule has 0 unspecified atom stereocenters. The van der Waals surface area contributed by atoms with Gasteiger partial charge in [0.05, 0.1) is 25.3 Å². The molecule has 0 atom stereocenters. The van der Waals surface area contributed by atoms with E-state index < -0.39 is 0 Å². The first-order chi connectivity index (χ1) is 11.2. The van der Waals surface area contributed by atoms with Gasteiger partial charge in [0.1, 0.15) is 0 Å². The Hall–Kier alpha value is -0.930. The molecule has 0 aliphatic heterocycles. The van der Waals surface area contributed by atoms with Crippen molar-refractivity contribution in [3.05, 3.63) is 22.7 Å². The molecule has 0 saturated carbocycles. The topological polar surface area (TPSA) is 64.1 Å². The molecular formula is C16H27ClIN3O3. The van der Waals surface area contributed by atoms with Crippen LogP contribution in [0, 0.1) is 0 Å². The molecule has 0 saturated heterocycles. The lowest BCUT2D eigenvalue weighted by Crippen LogP contribution is -2.38. The van der Waals surface area contributed by atoms with Crippen molar-refractivity contribution in [2.75, 3.05) is 40.5 Å². The van der Waals surface area contributed by atoms with Crippen molar-refractivity contribution in [3.8, 4) is 11.5 Å². The summed E-state index contributed by atoms with van der Waals surface area (Å²) in [6.45, 7) is 7.01. The number of guanidine groups is 1. The van der Waals surface area contributed by atoms with Gasteiger partial charge in [-0.3, -0.25) is 4.99 Å². The van der Waals surface area contributed by atoms with E-state index in [1.807, 2.05) is 26.0 Å². The minimum Gasteiger partial charge on any atom is -0.493 e. The molecule has 8 heteroatoms. The van der Waals surface area contributed by atoms with Crippen LogP contribution in [0.2, 0.25) is 5.02 Å². The van der Waals surface area contributed by atoms with E-state index in [2.05, 4.69) is 15.6 Å². The molecule has 1 rings (SSSR count). The molecule has 0 aliphatic carbocycles. The molecule has 0 bridgehead atoms. The van der Waals surface area contributed by atoms with Crippen molar-refractivity contribution in [2.24, 2.45) is 4.99 Å². The summed E-state index contributed by atoms with van der Waals surface area (Å²) in [5, 5.41) is 6.93. The van der Waals surface area contributed by atoms with E-state index in [-0.39, 0.29) is 24.0 Å². The first-order valence-electron chi connectivity index (χ1n) is 7.67. The van der Waals surface area contributed by atoms with E-state index in [9.17, 15) is 0 Å². The maximum Gasteiger partial charge on any atom is 0.191 e. The van der Waals surface area contributed by atoms with Crippen molar-refractivity contribution in [1.82, 2.24) is 10.6 Å². The van der Waals surface area contributed by atoms with Crippen molar-refractivity contribution < 1.29 is 14.2 Å². The molecule has 0 spiro atoms. The maximum atomic E-state index is 6.26. The lowest BCUT2D eigenvalue weighted by molar-refractivity contribution is 0.152. The second-order valence-electron chi connectivity index (χ2n) is 4.59. The Labute approximate surface area is 166 Å². The van der Waals surface area contributed by atoms with Gasteiger partial charge in [-0.1, -0.05) is 11.6 Å².